The summed E-state index contributed by atoms with van der Waals surface area (Å²) < 4.78 is 25.7. The van der Waals surface area contributed by atoms with Crippen LogP contribution in [0.3, 0.4) is 0 Å². The van der Waals surface area contributed by atoms with Crippen LogP contribution in [-0.4, -0.2) is 37.5 Å². The average Bonchev–Trinajstić information content (AvgIpc) is 2.92. The van der Waals surface area contributed by atoms with Crippen molar-refractivity contribution in [3.8, 4) is 0 Å². The number of hydrogen-bond acceptors (Lipinski definition) is 3. The number of rotatable bonds is 3. The molecule has 0 bridgehead atoms. The molecular formula is C15H20N2O3S. The molecule has 2 atom stereocenters. The van der Waals surface area contributed by atoms with Gasteiger partial charge in [0.1, 0.15) is 0 Å². The lowest BCUT2D eigenvalue weighted by Crippen LogP contribution is -2.48. The van der Waals surface area contributed by atoms with E-state index >= 15 is 0 Å². The number of amides is 1. The second-order valence-corrected chi connectivity index (χ2v) is 7.83. The molecule has 0 unspecified atom stereocenters. The average molecular weight is 308 g/mol. The van der Waals surface area contributed by atoms with Crippen molar-refractivity contribution in [3.63, 3.8) is 0 Å². The summed E-state index contributed by atoms with van der Waals surface area (Å²) >= 11 is 0. The van der Waals surface area contributed by atoms with Gasteiger partial charge in [0.2, 0.25) is 15.9 Å². The molecule has 1 fully saturated rings. The SMILES string of the molecule is CCC[C@@H]1N(S(C)(=O)=O)CC[C@@]12C(=O)Nc1ccccc12. The molecule has 114 valence electrons. The second-order valence-electron chi connectivity index (χ2n) is 5.90. The van der Waals surface area contributed by atoms with Crippen LogP contribution in [0.25, 0.3) is 0 Å². The number of nitrogens with one attached hydrogen (secondary N) is 1. The minimum atomic E-state index is -3.31. The van der Waals surface area contributed by atoms with E-state index in [2.05, 4.69) is 5.32 Å². The third-order valence-electron chi connectivity index (χ3n) is 4.69. The van der Waals surface area contributed by atoms with Crippen LogP contribution in [0.5, 0.6) is 0 Å². The van der Waals surface area contributed by atoms with Crippen molar-refractivity contribution in [2.45, 2.75) is 37.6 Å². The molecule has 2 aliphatic heterocycles. The molecular weight excluding hydrogens is 288 g/mol. The molecule has 0 aromatic heterocycles. The first-order valence-corrected chi connectivity index (χ1v) is 9.14. The third-order valence-corrected chi connectivity index (χ3v) is 5.98. The van der Waals surface area contributed by atoms with E-state index in [0.717, 1.165) is 17.7 Å². The molecule has 0 saturated carbocycles. The first kappa shape index (κ1) is 14.5. The fraction of sp³-hybridized carbons (Fsp3) is 0.533. The predicted octanol–water partition coefficient (Wildman–Crippen LogP) is 1.71. The Hall–Kier alpha value is -1.40. The number of anilines is 1. The summed E-state index contributed by atoms with van der Waals surface area (Å²) in [7, 11) is -3.31. The predicted molar refractivity (Wildman–Crippen MR) is 81.6 cm³/mol. The zero-order valence-electron chi connectivity index (χ0n) is 12.3. The lowest BCUT2D eigenvalue weighted by atomic mass is 9.74. The van der Waals surface area contributed by atoms with Gasteiger partial charge in [-0.2, -0.15) is 4.31 Å². The normalized spacial score (nSPS) is 28.9. The summed E-state index contributed by atoms with van der Waals surface area (Å²) in [5.74, 6) is -0.0618. The van der Waals surface area contributed by atoms with E-state index in [-0.39, 0.29) is 11.9 Å². The lowest BCUT2D eigenvalue weighted by Gasteiger charge is -2.32. The molecule has 1 aromatic rings. The first-order valence-electron chi connectivity index (χ1n) is 7.29. The summed E-state index contributed by atoms with van der Waals surface area (Å²) in [6.45, 7) is 2.43. The maximum atomic E-state index is 12.7. The molecule has 1 spiro atoms. The Kier molecular flexibility index (Phi) is 3.33. The maximum absolute atomic E-state index is 12.7. The Morgan fingerprint density at radius 1 is 1.38 bits per heavy atom. The second kappa shape index (κ2) is 4.81. The van der Waals surface area contributed by atoms with E-state index in [0.29, 0.717) is 19.4 Å². The van der Waals surface area contributed by atoms with Gasteiger partial charge >= 0.3 is 0 Å². The van der Waals surface area contributed by atoms with Gasteiger partial charge in [-0.05, 0) is 24.5 Å². The number of nitrogens with zero attached hydrogens (tertiary/aromatic N) is 1. The van der Waals surface area contributed by atoms with Crippen LogP contribution in [0.2, 0.25) is 0 Å². The minimum Gasteiger partial charge on any atom is -0.325 e. The van der Waals surface area contributed by atoms with Gasteiger partial charge in [0.05, 0.1) is 11.7 Å². The molecule has 1 saturated heterocycles. The highest BCUT2D eigenvalue weighted by Crippen LogP contribution is 2.49. The molecule has 5 nitrogen and oxygen atoms in total. The van der Waals surface area contributed by atoms with Gasteiger partial charge < -0.3 is 5.32 Å². The van der Waals surface area contributed by atoms with Crippen molar-refractivity contribution in [2.24, 2.45) is 0 Å². The van der Waals surface area contributed by atoms with Crippen LogP contribution in [0.1, 0.15) is 31.7 Å². The number of fused-ring (bicyclic) bond motifs is 2. The van der Waals surface area contributed by atoms with Crippen molar-refractivity contribution in [1.29, 1.82) is 0 Å². The summed E-state index contributed by atoms with van der Waals surface area (Å²) in [6.07, 6.45) is 3.31. The fourth-order valence-electron chi connectivity index (χ4n) is 3.83. The van der Waals surface area contributed by atoms with Gasteiger partial charge in [0.25, 0.3) is 0 Å². The Bertz CT molecular complexity index is 686. The monoisotopic (exact) mass is 308 g/mol. The number of hydrogen-bond donors (Lipinski definition) is 1. The van der Waals surface area contributed by atoms with E-state index in [9.17, 15) is 13.2 Å². The molecule has 6 heteroatoms. The van der Waals surface area contributed by atoms with Gasteiger partial charge in [-0.1, -0.05) is 31.5 Å². The third kappa shape index (κ3) is 2.00. The van der Waals surface area contributed by atoms with E-state index in [4.69, 9.17) is 0 Å². The smallest absolute Gasteiger partial charge is 0.236 e. The molecule has 0 radical (unpaired) electrons. The zero-order chi connectivity index (χ0) is 15.3. The fourth-order valence-corrected chi connectivity index (χ4v) is 5.00. The first-order chi connectivity index (χ1) is 9.91. The van der Waals surface area contributed by atoms with Crippen LogP contribution in [0.4, 0.5) is 5.69 Å². The minimum absolute atomic E-state index is 0.0618. The van der Waals surface area contributed by atoms with Crippen LogP contribution in [-0.2, 0) is 20.2 Å². The Morgan fingerprint density at radius 2 is 2.10 bits per heavy atom. The van der Waals surface area contributed by atoms with Crippen LogP contribution >= 0.6 is 0 Å². The van der Waals surface area contributed by atoms with Crippen LogP contribution < -0.4 is 5.32 Å². The Balaban J connectivity index is 2.14. The molecule has 1 amide bonds. The van der Waals surface area contributed by atoms with Gasteiger partial charge in [0, 0.05) is 18.3 Å². The zero-order valence-corrected chi connectivity index (χ0v) is 13.1. The van der Waals surface area contributed by atoms with Gasteiger partial charge in [-0.3, -0.25) is 4.79 Å². The lowest BCUT2D eigenvalue weighted by molar-refractivity contribution is -0.121. The number of carbonyl (C=O) groups excluding carboxylic acids is 1. The van der Waals surface area contributed by atoms with E-state index in [1.54, 1.807) is 0 Å². The van der Waals surface area contributed by atoms with Crippen molar-refractivity contribution >= 4 is 21.6 Å². The van der Waals surface area contributed by atoms with Gasteiger partial charge in [-0.25, -0.2) is 8.42 Å². The number of carbonyl (C=O) groups is 1. The van der Waals surface area contributed by atoms with Crippen LogP contribution in [0.15, 0.2) is 24.3 Å². The van der Waals surface area contributed by atoms with Crippen LogP contribution in [0, 0.1) is 0 Å². The summed E-state index contributed by atoms with van der Waals surface area (Å²) in [5, 5.41) is 2.93. The topological polar surface area (TPSA) is 66.5 Å². The van der Waals surface area contributed by atoms with Crippen molar-refractivity contribution in [1.82, 2.24) is 4.31 Å². The Morgan fingerprint density at radius 3 is 2.76 bits per heavy atom. The molecule has 2 heterocycles. The summed E-state index contributed by atoms with van der Waals surface area (Å²) in [5.41, 5.74) is 1.04. The molecule has 2 aliphatic rings. The number of para-hydroxylation sites is 1. The largest absolute Gasteiger partial charge is 0.325 e. The van der Waals surface area contributed by atoms with Gasteiger partial charge in [-0.15, -0.1) is 0 Å². The van der Waals surface area contributed by atoms with Crippen molar-refractivity contribution in [3.05, 3.63) is 29.8 Å². The van der Waals surface area contributed by atoms with E-state index < -0.39 is 15.4 Å². The standard InChI is InChI=1S/C15H20N2O3S/c1-3-6-13-15(9-10-17(13)21(2,19)20)11-7-4-5-8-12(11)16-14(15)18/h4-5,7-8,13H,3,6,9-10H2,1-2H3,(H,16,18)/t13-,15-/m0/s1. The quantitative estimate of drug-likeness (QED) is 0.924. The Labute approximate surface area is 125 Å². The summed E-state index contributed by atoms with van der Waals surface area (Å²) in [4.78, 5) is 12.7. The summed E-state index contributed by atoms with van der Waals surface area (Å²) in [6, 6.07) is 7.33. The van der Waals surface area contributed by atoms with Crippen molar-refractivity contribution in [2.75, 3.05) is 18.1 Å². The van der Waals surface area contributed by atoms with E-state index in [1.807, 2.05) is 31.2 Å². The maximum Gasteiger partial charge on any atom is 0.236 e. The number of sulfonamides is 1. The van der Waals surface area contributed by atoms with Gasteiger partial charge in [0.15, 0.2) is 0 Å². The number of benzene rings is 1. The molecule has 3 rings (SSSR count). The highest BCUT2D eigenvalue weighted by atomic mass is 32.2. The highest BCUT2D eigenvalue weighted by molar-refractivity contribution is 7.88. The molecule has 1 N–H and O–H groups in total. The van der Waals surface area contributed by atoms with Crippen molar-refractivity contribution < 1.29 is 13.2 Å². The molecule has 0 aliphatic carbocycles. The van der Waals surface area contributed by atoms with E-state index in [1.165, 1.54) is 10.6 Å². The molecule has 21 heavy (non-hydrogen) atoms. The highest BCUT2D eigenvalue weighted by Gasteiger charge is 2.58. The molecule has 1 aromatic carbocycles.